The minimum Gasteiger partial charge on any atom is -0.368 e. The van der Waals surface area contributed by atoms with Crippen LogP contribution in [0.15, 0.2) is 29.4 Å². The Labute approximate surface area is 105 Å². The fraction of sp³-hybridized carbons (Fsp3) is 0.333. The molecule has 2 aromatic rings. The second-order valence-electron chi connectivity index (χ2n) is 3.85. The molecule has 0 fully saturated rings. The number of anilines is 1. The highest BCUT2D eigenvalue weighted by molar-refractivity contribution is 7.99. The zero-order chi connectivity index (χ0) is 12.3. The highest BCUT2D eigenvalue weighted by Crippen LogP contribution is 2.19. The minimum atomic E-state index is 0.474. The van der Waals surface area contributed by atoms with Crippen LogP contribution in [0.3, 0.4) is 0 Å². The SMILES string of the molecule is CCSc1nnc(N)n1Cc1ccc(C)cc1. The number of aromatic nitrogens is 3. The largest absolute Gasteiger partial charge is 0.368 e. The molecular weight excluding hydrogens is 232 g/mol. The molecule has 0 saturated heterocycles. The lowest BCUT2D eigenvalue weighted by atomic mass is 10.1. The maximum atomic E-state index is 5.83. The molecule has 2 N–H and O–H groups in total. The van der Waals surface area contributed by atoms with E-state index in [2.05, 4.69) is 48.3 Å². The summed E-state index contributed by atoms with van der Waals surface area (Å²) in [4.78, 5) is 0. The van der Waals surface area contributed by atoms with Gasteiger partial charge in [0.1, 0.15) is 0 Å². The Morgan fingerprint density at radius 2 is 1.94 bits per heavy atom. The maximum Gasteiger partial charge on any atom is 0.222 e. The molecule has 0 unspecified atom stereocenters. The number of hydrogen-bond donors (Lipinski definition) is 1. The number of rotatable bonds is 4. The van der Waals surface area contributed by atoms with Crippen molar-refractivity contribution in [3.05, 3.63) is 35.4 Å². The van der Waals surface area contributed by atoms with Crippen molar-refractivity contribution in [2.24, 2.45) is 0 Å². The van der Waals surface area contributed by atoms with E-state index in [4.69, 9.17) is 5.73 Å². The van der Waals surface area contributed by atoms with Gasteiger partial charge in [0.25, 0.3) is 0 Å². The highest BCUT2D eigenvalue weighted by atomic mass is 32.2. The summed E-state index contributed by atoms with van der Waals surface area (Å²) in [5, 5.41) is 8.87. The van der Waals surface area contributed by atoms with Crippen molar-refractivity contribution in [2.75, 3.05) is 11.5 Å². The van der Waals surface area contributed by atoms with Crippen LogP contribution in [-0.4, -0.2) is 20.5 Å². The van der Waals surface area contributed by atoms with Crippen molar-refractivity contribution in [2.45, 2.75) is 25.5 Å². The molecule has 4 nitrogen and oxygen atoms in total. The molecule has 0 saturated carbocycles. The maximum absolute atomic E-state index is 5.83. The van der Waals surface area contributed by atoms with Crippen LogP contribution in [0.5, 0.6) is 0 Å². The molecule has 5 heteroatoms. The third-order valence-corrected chi connectivity index (χ3v) is 3.33. The second kappa shape index (κ2) is 5.23. The quantitative estimate of drug-likeness (QED) is 0.844. The molecule has 1 heterocycles. The van der Waals surface area contributed by atoms with Crippen LogP contribution < -0.4 is 5.73 Å². The van der Waals surface area contributed by atoms with Crippen molar-refractivity contribution in [1.82, 2.24) is 14.8 Å². The van der Waals surface area contributed by atoms with Gasteiger partial charge >= 0.3 is 0 Å². The molecular formula is C12H16N4S. The predicted octanol–water partition coefficient (Wildman–Crippen LogP) is 2.33. The van der Waals surface area contributed by atoms with E-state index >= 15 is 0 Å². The van der Waals surface area contributed by atoms with Crippen molar-refractivity contribution < 1.29 is 0 Å². The van der Waals surface area contributed by atoms with E-state index in [-0.39, 0.29) is 0 Å². The summed E-state index contributed by atoms with van der Waals surface area (Å²) in [6.45, 7) is 4.89. The van der Waals surface area contributed by atoms with Crippen LogP contribution in [0.4, 0.5) is 5.95 Å². The monoisotopic (exact) mass is 248 g/mol. The first-order valence-corrected chi connectivity index (χ1v) is 6.56. The van der Waals surface area contributed by atoms with Gasteiger partial charge in [-0.25, -0.2) is 0 Å². The molecule has 2 rings (SSSR count). The highest BCUT2D eigenvalue weighted by Gasteiger charge is 2.09. The number of hydrogen-bond acceptors (Lipinski definition) is 4. The molecule has 0 aliphatic rings. The average molecular weight is 248 g/mol. The van der Waals surface area contributed by atoms with Crippen LogP contribution in [0.2, 0.25) is 0 Å². The molecule has 0 spiro atoms. The fourth-order valence-corrected chi connectivity index (χ4v) is 2.23. The molecule has 0 aliphatic heterocycles. The summed E-state index contributed by atoms with van der Waals surface area (Å²) in [5.74, 6) is 1.44. The summed E-state index contributed by atoms with van der Waals surface area (Å²) in [5.41, 5.74) is 8.29. The molecule has 90 valence electrons. The van der Waals surface area contributed by atoms with Crippen molar-refractivity contribution in [1.29, 1.82) is 0 Å². The summed E-state index contributed by atoms with van der Waals surface area (Å²) in [7, 11) is 0. The lowest BCUT2D eigenvalue weighted by molar-refractivity contribution is 0.717. The van der Waals surface area contributed by atoms with Crippen molar-refractivity contribution in [3.63, 3.8) is 0 Å². The lowest BCUT2D eigenvalue weighted by Crippen LogP contribution is -2.06. The second-order valence-corrected chi connectivity index (χ2v) is 5.08. The zero-order valence-electron chi connectivity index (χ0n) is 10.1. The minimum absolute atomic E-state index is 0.474. The van der Waals surface area contributed by atoms with Gasteiger partial charge in [-0.15, -0.1) is 10.2 Å². The van der Waals surface area contributed by atoms with Crippen LogP contribution in [-0.2, 0) is 6.54 Å². The summed E-state index contributed by atoms with van der Waals surface area (Å²) < 4.78 is 1.94. The topological polar surface area (TPSA) is 56.7 Å². The Hall–Kier alpha value is -1.49. The number of nitrogens with zero attached hydrogens (tertiary/aromatic N) is 3. The lowest BCUT2D eigenvalue weighted by Gasteiger charge is -2.07. The third-order valence-electron chi connectivity index (χ3n) is 2.48. The zero-order valence-corrected chi connectivity index (χ0v) is 10.9. The third kappa shape index (κ3) is 2.79. The molecule has 0 amide bonds. The number of benzene rings is 1. The van der Waals surface area contributed by atoms with Crippen molar-refractivity contribution in [3.8, 4) is 0 Å². The number of thioether (sulfide) groups is 1. The first-order valence-electron chi connectivity index (χ1n) is 5.57. The van der Waals surface area contributed by atoms with Crippen LogP contribution >= 0.6 is 11.8 Å². The van der Waals surface area contributed by atoms with Gasteiger partial charge in [0, 0.05) is 0 Å². The van der Waals surface area contributed by atoms with E-state index < -0.39 is 0 Å². The molecule has 0 radical (unpaired) electrons. The normalized spacial score (nSPS) is 10.7. The Bertz CT molecular complexity index is 490. The summed E-state index contributed by atoms with van der Waals surface area (Å²) in [6, 6.07) is 8.41. The van der Waals surface area contributed by atoms with Gasteiger partial charge in [-0.05, 0) is 18.2 Å². The van der Waals surface area contributed by atoms with Gasteiger partial charge in [0.05, 0.1) is 6.54 Å². The first-order chi connectivity index (χ1) is 8.20. The van der Waals surface area contributed by atoms with Gasteiger partial charge in [-0.2, -0.15) is 0 Å². The van der Waals surface area contributed by atoms with Gasteiger partial charge in [-0.1, -0.05) is 48.5 Å². The average Bonchev–Trinajstić information content (AvgIpc) is 2.65. The number of aryl methyl sites for hydroxylation is 1. The van der Waals surface area contributed by atoms with Crippen LogP contribution in [0.25, 0.3) is 0 Å². The van der Waals surface area contributed by atoms with Crippen LogP contribution in [0, 0.1) is 6.92 Å². The molecule has 0 bridgehead atoms. The standard InChI is InChI=1S/C12H16N4S/c1-3-17-12-15-14-11(13)16(12)8-10-6-4-9(2)5-7-10/h4-7H,3,8H2,1-2H3,(H2,13,14). The number of nitrogen functional groups attached to an aromatic ring is 1. The van der Waals surface area contributed by atoms with E-state index in [9.17, 15) is 0 Å². The van der Waals surface area contributed by atoms with Crippen LogP contribution in [0.1, 0.15) is 18.1 Å². The Kier molecular flexibility index (Phi) is 3.68. The molecule has 17 heavy (non-hydrogen) atoms. The van der Waals surface area contributed by atoms with Crippen molar-refractivity contribution >= 4 is 17.7 Å². The number of nitrogens with two attached hydrogens (primary N) is 1. The van der Waals surface area contributed by atoms with E-state index in [0.717, 1.165) is 17.5 Å². The Morgan fingerprint density at radius 3 is 2.59 bits per heavy atom. The fourth-order valence-electron chi connectivity index (χ4n) is 1.56. The molecule has 1 aromatic carbocycles. The molecule has 1 aromatic heterocycles. The van der Waals surface area contributed by atoms with E-state index in [1.165, 1.54) is 11.1 Å². The van der Waals surface area contributed by atoms with E-state index in [1.54, 1.807) is 11.8 Å². The smallest absolute Gasteiger partial charge is 0.222 e. The predicted molar refractivity (Wildman–Crippen MR) is 71.1 cm³/mol. The van der Waals surface area contributed by atoms with E-state index in [0.29, 0.717) is 5.95 Å². The summed E-state index contributed by atoms with van der Waals surface area (Å²) in [6.07, 6.45) is 0. The first kappa shape index (κ1) is 12.0. The Balaban J connectivity index is 2.22. The molecule has 0 aliphatic carbocycles. The Morgan fingerprint density at radius 1 is 1.24 bits per heavy atom. The van der Waals surface area contributed by atoms with Gasteiger partial charge < -0.3 is 5.73 Å². The van der Waals surface area contributed by atoms with E-state index in [1.807, 2.05) is 4.57 Å². The van der Waals surface area contributed by atoms with Gasteiger partial charge in [0.15, 0.2) is 5.16 Å². The van der Waals surface area contributed by atoms with Gasteiger partial charge in [-0.3, -0.25) is 4.57 Å². The summed E-state index contributed by atoms with van der Waals surface area (Å²) >= 11 is 1.65. The molecule has 0 atom stereocenters. The van der Waals surface area contributed by atoms with Gasteiger partial charge in [0.2, 0.25) is 5.95 Å².